The molecular weight excluding hydrogens is 350 g/mol. The number of allylic oxidation sites excluding steroid dienone is 2. The van der Waals surface area contributed by atoms with Crippen LogP contribution in [0.1, 0.15) is 12.5 Å². The predicted octanol–water partition coefficient (Wildman–Crippen LogP) is 3.88. The monoisotopic (exact) mass is 367 g/mol. The van der Waals surface area contributed by atoms with Gasteiger partial charge in [-0.25, -0.2) is 4.79 Å². The zero-order valence-corrected chi connectivity index (χ0v) is 15.3. The molecule has 0 unspecified atom stereocenters. The highest BCUT2D eigenvalue weighted by Gasteiger charge is 2.69. The third-order valence-electron chi connectivity index (χ3n) is 5.41. The summed E-state index contributed by atoms with van der Waals surface area (Å²) < 4.78 is 11.9. The molecule has 1 aliphatic carbocycles. The molecule has 0 saturated carbocycles. The molecular formula is C24H17NO3. The maximum absolute atomic E-state index is 13.2. The van der Waals surface area contributed by atoms with Gasteiger partial charge in [-0.1, -0.05) is 60.1 Å². The lowest BCUT2D eigenvalue weighted by Gasteiger charge is -2.35. The number of fused-ring (bicyclic) bond motifs is 1. The molecule has 2 aromatic carbocycles. The van der Waals surface area contributed by atoms with Gasteiger partial charge in [-0.2, -0.15) is 0 Å². The number of hydrogen-bond acceptors (Lipinski definition) is 3. The van der Waals surface area contributed by atoms with Crippen molar-refractivity contribution in [2.24, 2.45) is 5.92 Å². The summed E-state index contributed by atoms with van der Waals surface area (Å²) in [6.45, 7) is 2.06. The molecule has 2 heterocycles. The molecule has 1 fully saturated rings. The summed E-state index contributed by atoms with van der Waals surface area (Å²) in [5.74, 6) is 12.9. The molecule has 1 amide bonds. The Kier molecular flexibility index (Phi) is 3.76. The summed E-state index contributed by atoms with van der Waals surface area (Å²) in [5.41, 5.74) is 1.17. The number of ether oxygens (including phenoxy) is 2. The summed E-state index contributed by atoms with van der Waals surface area (Å²) in [5, 5.41) is 0. The van der Waals surface area contributed by atoms with Crippen molar-refractivity contribution < 1.29 is 14.3 Å². The molecule has 136 valence electrons. The average molecular weight is 367 g/mol. The van der Waals surface area contributed by atoms with Crippen LogP contribution in [0.3, 0.4) is 0 Å². The van der Waals surface area contributed by atoms with Crippen molar-refractivity contribution in [2.45, 2.75) is 24.7 Å². The lowest BCUT2D eigenvalue weighted by molar-refractivity contribution is 0.204. The number of carbonyl (C=O) groups is 1. The highest BCUT2D eigenvalue weighted by Crippen LogP contribution is 2.60. The summed E-state index contributed by atoms with van der Waals surface area (Å²) in [4.78, 5) is 14.8. The average Bonchev–Trinajstić information content (AvgIpc) is 3.48. The Balaban J connectivity index is 1.63. The van der Waals surface area contributed by atoms with E-state index >= 15 is 0 Å². The van der Waals surface area contributed by atoms with E-state index in [0.717, 1.165) is 11.3 Å². The van der Waals surface area contributed by atoms with Gasteiger partial charge in [-0.05, 0) is 37.3 Å². The van der Waals surface area contributed by atoms with Gasteiger partial charge in [0.2, 0.25) is 0 Å². The van der Waals surface area contributed by atoms with Gasteiger partial charge in [0.25, 0.3) is 0 Å². The van der Waals surface area contributed by atoms with Gasteiger partial charge in [-0.3, -0.25) is 4.90 Å². The Bertz CT molecular complexity index is 1100. The van der Waals surface area contributed by atoms with Crippen LogP contribution in [0.15, 0.2) is 66.7 Å². The first kappa shape index (κ1) is 16.7. The summed E-state index contributed by atoms with van der Waals surface area (Å²) in [6.07, 6.45) is 2.73. The van der Waals surface area contributed by atoms with E-state index in [1.807, 2.05) is 42.5 Å². The molecule has 2 aliphatic heterocycles. The quantitative estimate of drug-likeness (QED) is 0.567. The zero-order chi connectivity index (χ0) is 19.1. The minimum atomic E-state index is -0.544. The van der Waals surface area contributed by atoms with Crippen molar-refractivity contribution in [3.05, 3.63) is 72.3 Å². The molecule has 2 bridgehead atoms. The Hall–Kier alpha value is -3.47. The second-order valence-electron chi connectivity index (χ2n) is 6.98. The first-order valence-corrected chi connectivity index (χ1v) is 9.22. The number of para-hydroxylation sites is 2. The number of benzene rings is 2. The van der Waals surface area contributed by atoms with Gasteiger partial charge in [-0.15, -0.1) is 0 Å². The zero-order valence-electron chi connectivity index (χ0n) is 15.3. The molecule has 0 radical (unpaired) electrons. The van der Waals surface area contributed by atoms with E-state index in [1.165, 1.54) is 0 Å². The van der Waals surface area contributed by atoms with E-state index in [0.29, 0.717) is 5.75 Å². The van der Waals surface area contributed by atoms with E-state index in [4.69, 9.17) is 9.47 Å². The molecule has 0 aromatic heterocycles. The van der Waals surface area contributed by atoms with Crippen molar-refractivity contribution in [3.8, 4) is 29.4 Å². The first-order chi connectivity index (χ1) is 13.7. The topological polar surface area (TPSA) is 42.1 Å². The third kappa shape index (κ3) is 2.43. The Morgan fingerprint density at radius 3 is 2.57 bits per heavy atom. The maximum Gasteiger partial charge on any atom is 0.420 e. The highest BCUT2D eigenvalue weighted by atomic mass is 16.6. The normalized spacial score (nSPS) is 29.6. The van der Waals surface area contributed by atoms with Crippen LogP contribution in [0.25, 0.3) is 0 Å². The van der Waals surface area contributed by atoms with Gasteiger partial charge < -0.3 is 9.47 Å². The summed E-state index contributed by atoms with van der Waals surface area (Å²) in [7, 11) is 0. The van der Waals surface area contributed by atoms with E-state index < -0.39 is 17.7 Å². The number of rotatable bonds is 1. The fraction of sp³-hybridized carbons (Fsp3) is 0.208. The van der Waals surface area contributed by atoms with Crippen LogP contribution < -0.4 is 9.64 Å². The molecule has 1 saturated heterocycles. The van der Waals surface area contributed by atoms with E-state index in [2.05, 4.69) is 30.6 Å². The number of anilines is 1. The number of amides is 1. The second kappa shape index (κ2) is 6.30. The maximum atomic E-state index is 13.2. The second-order valence-corrected chi connectivity index (χ2v) is 6.98. The molecule has 3 aliphatic rings. The first-order valence-electron chi connectivity index (χ1n) is 9.22. The van der Waals surface area contributed by atoms with Crippen LogP contribution in [0.5, 0.6) is 5.75 Å². The molecule has 0 N–H and O–H groups in total. The summed E-state index contributed by atoms with van der Waals surface area (Å²) in [6, 6.07) is 16.4. The van der Waals surface area contributed by atoms with E-state index in [1.54, 1.807) is 29.2 Å². The van der Waals surface area contributed by atoms with Gasteiger partial charge >= 0.3 is 6.09 Å². The molecule has 4 heteroatoms. The summed E-state index contributed by atoms with van der Waals surface area (Å²) >= 11 is 0. The van der Waals surface area contributed by atoms with Crippen molar-refractivity contribution in [1.82, 2.24) is 0 Å². The van der Waals surface area contributed by atoms with Gasteiger partial charge in [0.1, 0.15) is 23.5 Å². The molecule has 4 atom stereocenters. The number of nitrogens with zero attached hydrogens (tertiary/aromatic N) is 1. The van der Waals surface area contributed by atoms with Crippen molar-refractivity contribution in [1.29, 1.82) is 0 Å². The van der Waals surface area contributed by atoms with Crippen LogP contribution in [0, 0.1) is 29.6 Å². The van der Waals surface area contributed by atoms with Crippen molar-refractivity contribution >= 4 is 11.8 Å². The third-order valence-corrected chi connectivity index (χ3v) is 5.41. The molecule has 0 spiro atoms. The van der Waals surface area contributed by atoms with Gasteiger partial charge in [0.05, 0.1) is 11.6 Å². The van der Waals surface area contributed by atoms with Crippen LogP contribution in [0.2, 0.25) is 0 Å². The van der Waals surface area contributed by atoms with Crippen LogP contribution in [-0.2, 0) is 10.3 Å². The highest BCUT2D eigenvalue weighted by molar-refractivity contribution is 5.93. The lowest BCUT2D eigenvalue weighted by Crippen LogP contribution is -2.50. The van der Waals surface area contributed by atoms with Gasteiger partial charge in [0, 0.05) is 5.56 Å². The van der Waals surface area contributed by atoms with Crippen LogP contribution in [0.4, 0.5) is 10.5 Å². The standard InChI is InChI=1S/C24H17NO3/c1-17-11-5-2-3-8-16-21-22-24(17,28-22)19-14-9-10-15-20(19)25(21)23(26)27-18-12-6-4-7-13-18/h2-4,6-7,9-10,12-15,17,21-22H,1H3/b3-2+/t17-,21+,22+,24-/m1/s1. The predicted molar refractivity (Wildman–Crippen MR) is 106 cm³/mol. The van der Waals surface area contributed by atoms with Crippen molar-refractivity contribution in [3.63, 3.8) is 0 Å². The van der Waals surface area contributed by atoms with E-state index in [-0.39, 0.29) is 12.0 Å². The Morgan fingerprint density at radius 1 is 1.04 bits per heavy atom. The fourth-order valence-corrected chi connectivity index (χ4v) is 4.06. The Morgan fingerprint density at radius 2 is 1.75 bits per heavy atom. The largest absolute Gasteiger partial charge is 0.420 e. The molecule has 5 rings (SSSR count). The SMILES string of the molecule is C[C@@H]1C#C/C=C/C#C[C@H]2[C@@H]3O[C@@]13c1ccccc1N2C(=O)Oc1ccccc1. The molecule has 4 nitrogen and oxygen atoms in total. The number of carbonyl (C=O) groups excluding carboxylic acids is 1. The smallest absolute Gasteiger partial charge is 0.410 e. The molecule has 28 heavy (non-hydrogen) atoms. The number of hydrogen-bond donors (Lipinski definition) is 0. The molecule has 2 aromatic rings. The van der Waals surface area contributed by atoms with Crippen LogP contribution >= 0.6 is 0 Å². The van der Waals surface area contributed by atoms with E-state index in [9.17, 15) is 4.79 Å². The minimum Gasteiger partial charge on any atom is -0.410 e. The number of epoxide rings is 1. The fourth-order valence-electron chi connectivity index (χ4n) is 4.06. The Labute approximate surface area is 163 Å². The van der Waals surface area contributed by atoms with Crippen molar-refractivity contribution in [2.75, 3.05) is 4.90 Å². The van der Waals surface area contributed by atoms with Gasteiger partial charge in [0.15, 0.2) is 0 Å². The van der Waals surface area contributed by atoms with Crippen LogP contribution in [-0.4, -0.2) is 18.2 Å². The minimum absolute atomic E-state index is 0.0296. The lowest BCUT2D eigenvalue weighted by atomic mass is 9.78.